The van der Waals surface area contributed by atoms with Crippen molar-refractivity contribution in [1.82, 2.24) is 14.5 Å². The number of hydrogen-bond donors (Lipinski definition) is 1. The number of nitrogens with zero attached hydrogens (tertiary/aromatic N) is 2. The number of nitrogens with one attached hydrogen (secondary N) is 1. The minimum absolute atomic E-state index is 0. The second-order valence-corrected chi connectivity index (χ2v) is 7.92. The van der Waals surface area contributed by atoms with E-state index in [2.05, 4.69) is 12.2 Å². The summed E-state index contributed by atoms with van der Waals surface area (Å²) in [6.45, 7) is 7.12. The van der Waals surface area contributed by atoms with Crippen LogP contribution >= 0.6 is 12.4 Å². The van der Waals surface area contributed by atoms with Crippen LogP contribution in [0.2, 0.25) is 0 Å². The zero-order valence-electron chi connectivity index (χ0n) is 12.7. The van der Waals surface area contributed by atoms with Crippen LogP contribution in [0.25, 0.3) is 0 Å². The van der Waals surface area contributed by atoms with Crippen LogP contribution in [0.1, 0.15) is 26.7 Å². The summed E-state index contributed by atoms with van der Waals surface area (Å²) < 4.78 is 25.1. The second kappa shape index (κ2) is 7.76. The van der Waals surface area contributed by atoms with Crippen LogP contribution in [-0.2, 0) is 14.8 Å². The zero-order chi connectivity index (χ0) is 14.8. The fraction of sp³-hybridized carbons (Fsp3) is 0.923. The lowest BCUT2D eigenvalue weighted by Crippen LogP contribution is -2.55. The quantitative estimate of drug-likeness (QED) is 0.802. The van der Waals surface area contributed by atoms with Gasteiger partial charge in [0.15, 0.2) is 0 Å². The van der Waals surface area contributed by atoms with Crippen LogP contribution in [-0.4, -0.2) is 68.0 Å². The van der Waals surface area contributed by atoms with Crippen LogP contribution < -0.4 is 5.32 Å². The predicted octanol–water partition coefficient (Wildman–Crippen LogP) is 0.290. The van der Waals surface area contributed by atoms with Gasteiger partial charge in [0.05, 0.1) is 5.75 Å². The number of carbonyl (C=O) groups excluding carboxylic acids is 1. The summed E-state index contributed by atoms with van der Waals surface area (Å²) in [4.78, 5) is 14.5. The Morgan fingerprint density at radius 1 is 1.24 bits per heavy atom. The lowest BCUT2D eigenvalue weighted by molar-refractivity contribution is -0.139. The van der Waals surface area contributed by atoms with Crippen molar-refractivity contribution in [3.05, 3.63) is 0 Å². The van der Waals surface area contributed by atoms with Crippen LogP contribution in [0.4, 0.5) is 0 Å². The van der Waals surface area contributed by atoms with Crippen molar-refractivity contribution in [3.63, 3.8) is 0 Å². The van der Waals surface area contributed by atoms with Gasteiger partial charge in [0.1, 0.15) is 0 Å². The molecule has 2 heterocycles. The van der Waals surface area contributed by atoms with Gasteiger partial charge in [-0.1, -0.05) is 0 Å². The van der Waals surface area contributed by atoms with Crippen molar-refractivity contribution in [2.24, 2.45) is 5.92 Å². The third-order valence-corrected chi connectivity index (χ3v) is 6.23. The van der Waals surface area contributed by atoms with Crippen LogP contribution in [0.3, 0.4) is 0 Å². The van der Waals surface area contributed by atoms with Gasteiger partial charge in [0.2, 0.25) is 15.9 Å². The minimum Gasteiger partial charge on any atom is -0.337 e. The summed E-state index contributed by atoms with van der Waals surface area (Å²) in [6.07, 6.45) is 1.30. The van der Waals surface area contributed by atoms with Gasteiger partial charge in [0, 0.05) is 44.7 Å². The molecule has 2 rings (SSSR count). The molecule has 2 saturated heterocycles. The highest BCUT2D eigenvalue weighted by Crippen LogP contribution is 2.23. The molecule has 2 fully saturated rings. The van der Waals surface area contributed by atoms with Crippen LogP contribution in [0.15, 0.2) is 0 Å². The van der Waals surface area contributed by atoms with Crippen molar-refractivity contribution in [3.8, 4) is 0 Å². The highest BCUT2D eigenvalue weighted by Gasteiger charge is 2.34. The van der Waals surface area contributed by atoms with Crippen LogP contribution in [0.5, 0.6) is 0 Å². The molecular weight excluding hydrogens is 314 g/mol. The van der Waals surface area contributed by atoms with Crippen LogP contribution in [0, 0.1) is 5.92 Å². The minimum atomic E-state index is -3.11. The largest absolute Gasteiger partial charge is 0.337 e. The number of hydrogen-bond acceptors (Lipinski definition) is 4. The maximum absolute atomic E-state index is 12.5. The van der Waals surface area contributed by atoms with Crippen molar-refractivity contribution in [2.75, 3.05) is 38.5 Å². The molecule has 0 saturated carbocycles. The van der Waals surface area contributed by atoms with Crippen molar-refractivity contribution in [2.45, 2.75) is 32.7 Å². The third kappa shape index (κ3) is 4.31. The van der Waals surface area contributed by atoms with Gasteiger partial charge in [0.25, 0.3) is 0 Å². The molecule has 6 nitrogen and oxygen atoms in total. The number of amides is 1. The van der Waals surface area contributed by atoms with Gasteiger partial charge < -0.3 is 10.2 Å². The van der Waals surface area contributed by atoms with E-state index in [1.165, 1.54) is 4.31 Å². The third-order valence-electron chi connectivity index (χ3n) is 4.35. The molecule has 0 aromatic rings. The molecule has 0 bridgehead atoms. The Balaban J connectivity index is 0.00000220. The molecule has 8 heteroatoms. The van der Waals surface area contributed by atoms with E-state index >= 15 is 0 Å². The van der Waals surface area contributed by atoms with Crippen molar-refractivity contribution >= 4 is 28.3 Å². The Labute approximate surface area is 133 Å². The predicted molar refractivity (Wildman–Crippen MR) is 85.1 cm³/mol. The molecule has 0 radical (unpaired) electrons. The first-order valence-corrected chi connectivity index (χ1v) is 9.05. The number of sulfonamides is 1. The van der Waals surface area contributed by atoms with E-state index in [1.807, 2.05) is 4.90 Å². The van der Waals surface area contributed by atoms with E-state index in [0.717, 1.165) is 19.6 Å². The molecule has 0 spiro atoms. The summed E-state index contributed by atoms with van der Waals surface area (Å²) >= 11 is 0. The topological polar surface area (TPSA) is 69.7 Å². The number of halogens is 1. The summed E-state index contributed by atoms with van der Waals surface area (Å²) in [5, 5.41) is 3.28. The number of rotatable bonds is 3. The Kier molecular flexibility index (Phi) is 6.90. The molecule has 0 unspecified atom stereocenters. The average Bonchev–Trinajstić information content (AvgIpc) is 2.47. The molecule has 0 aromatic carbocycles. The van der Waals surface area contributed by atoms with Gasteiger partial charge >= 0.3 is 0 Å². The molecule has 0 aromatic heterocycles. The molecule has 1 atom stereocenters. The molecule has 1 N–H and O–H groups in total. The molecular formula is C13H26ClN3O3S. The van der Waals surface area contributed by atoms with E-state index < -0.39 is 10.0 Å². The van der Waals surface area contributed by atoms with Crippen molar-refractivity contribution in [1.29, 1.82) is 0 Å². The molecule has 1 amide bonds. The summed E-state index contributed by atoms with van der Waals surface area (Å²) in [7, 11) is -3.11. The first-order valence-electron chi connectivity index (χ1n) is 7.44. The normalized spacial score (nSPS) is 25.4. The first kappa shape index (κ1) is 18.7. The SMILES string of the molecule is CCS(=O)(=O)N1CCC(C(=O)N2CCNC[C@@H]2C)CC1.Cl. The monoisotopic (exact) mass is 339 g/mol. The maximum atomic E-state index is 12.5. The first-order chi connectivity index (χ1) is 9.45. The average molecular weight is 340 g/mol. The lowest BCUT2D eigenvalue weighted by atomic mass is 9.95. The Bertz CT molecular complexity index is 450. The summed E-state index contributed by atoms with van der Waals surface area (Å²) in [6, 6.07) is 0.230. The highest BCUT2D eigenvalue weighted by atomic mass is 35.5. The number of piperidine rings is 1. The van der Waals surface area contributed by atoms with E-state index in [0.29, 0.717) is 25.9 Å². The highest BCUT2D eigenvalue weighted by molar-refractivity contribution is 7.89. The molecule has 0 aliphatic carbocycles. The van der Waals surface area contributed by atoms with Gasteiger partial charge in [-0.25, -0.2) is 12.7 Å². The molecule has 21 heavy (non-hydrogen) atoms. The summed E-state index contributed by atoms with van der Waals surface area (Å²) in [5.41, 5.74) is 0. The van der Waals surface area contributed by atoms with Gasteiger partial charge in [-0.2, -0.15) is 0 Å². The Hall–Kier alpha value is -0.370. The van der Waals surface area contributed by atoms with Gasteiger partial charge in [-0.05, 0) is 26.7 Å². The zero-order valence-corrected chi connectivity index (χ0v) is 14.4. The molecule has 2 aliphatic heterocycles. The standard InChI is InChI=1S/C13H25N3O3S.ClH/c1-3-20(18,19)15-7-4-12(5-8-15)13(17)16-9-6-14-10-11(16)2;/h11-12,14H,3-10H2,1-2H3;1H/t11-;/m0./s1. The van der Waals surface area contributed by atoms with E-state index in [-0.39, 0.29) is 36.0 Å². The van der Waals surface area contributed by atoms with E-state index in [9.17, 15) is 13.2 Å². The molecule has 124 valence electrons. The summed E-state index contributed by atoms with van der Waals surface area (Å²) in [5.74, 6) is 0.326. The fourth-order valence-electron chi connectivity index (χ4n) is 2.97. The fourth-order valence-corrected chi connectivity index (χ4v) is 4.10. The lowest BCUT2D eigenvalue weighted by Gasteiger charge is -2.38. The number of piperazine rings is 1. The Morgan fingerprint density at radius 2 is 1.86 bits per heavy atom. The van der Waals surface area contributed by atoms with Gasteiger partial charge in [-0.3, -0.25) is 4.79 Å². The van der Waals surface area contributed by atoms with E-state index in [4.69, 9.17) is 0 Å². The maximum Gasteiger partial charge on any atom is 0.226 e. The number of carbonyl (C=O) groups is 1. The van der Waals surface area contributed by atoms with Gasteiger partial charge in [-0.15, -0.1) is 12.4 Å². The van der Waals surface area contributed by atoms with Crippen molar-refractivity contribution < 1.29 is 13.2 Å². The molecule has 2 aliphatic rings. The second-order valence-electron chi connectivity index (χ2n) is 5.66. The Morgan fingerprint density at radius 3 is 2.38 bits per heavy atom. The van der Waals surface area contributed by atoms with E-state index in [1.54, 1.807) is 6.92 Å². The smallest absolute Gasteiger partial charge is 0.226 e.